The van der Waals surface area contributed by atoms with E-state index >= 15 is 0 Å². The zero-order chi connectivity index (χ0) is 18.9. The number of nitrogens with one attached hydrogen (secondary N) is 1. The maximum Gasteiger partial charge on any atom is 0.225 e. The molecule has 0 saturated heterocycles. The van der Waals surface area contributed by atoms with Crippen molar-refractivity contribution >= 4 is 29.0 Å². The Morgan fingerprint density at radius 1 is 1.04 bits per heavy atom. The molecular weight excluding hydrogens is 352 g/mol. The summed E-state index contributed by atoms with van der Waals surface area (Å²) in [6.45, 7) is 3.39. The normalized spacial score (nSPS) is 10.6. The Balaban J connectivity index is 1.66. The largest absolute Gasteiger partial charge is 0.492 e. The van der Waals surface area contributed by atoms with Crippen molar-refractivity contribution in [1.29, 1.82) is 0 Å². The molecular formula is C20H23ClN2O3. The summed E-state index contributed by atoms with van der Waals surface area (Å²) < 4.78 is 5.64. The second-order valence-electron chi connectivity index (χ2n) is 6.04. The monoisotopic (exact) mass is 374 g/mol. The molecule has 0 aliphatic heterocycles. The molecule has 0 saturated carbocycles. The van der Waals surface area contributed by atoms with E-state index in [0.717, 1.165) is 5.75 Å². The van der Waals surface area contributed by atoms with Gasteiger partial charge in [0.1, 0.15) is 12.4 Å². The van der Waals surface area contributed by atoms with Gasteiger partial charge < -0.3 is 15.0 Å². The Morgan fingerprint density at radius 2 is 1.69 bits per heavy atom. The summed E-state index contributed by atoms with van der Waals surface area (Å²) >= 11 is 5.83. The highest BCUT2D eigenvalue weighted by molar-refractivity contribution is 6.30. The number of amides is 1. The fraction of sp³-hybridized carbons (Fsp3) is 0.300. The molecule has 26 heavy (non-hydrogen) atoms. The number of halogens is 1. The first-order valence-electron chi connectivity index (χ1n) is 8.42. The van der Waals surface area contributed by atoms with Crippen LogP contribution in [0.5, 0.6) is 5.75 Å². The van der Waals surface area contributed by atoms with Gasteiger partial charge in [0, 0.05) is 35.8 Å². The summed E-state index contributed by atoms with van der Waals surface area (Å²) in [5.41, 5.74) is 1.32. The van der Waals surface area contributed by atoms with Crippen molar-refractivity contribution in [1.82, 2.24) is 4.90 Å². The molecule has 5 nitrogen and oxygen atoms in total. The molecule has 0 aliphatic carbocycles. The number of anilines is 1. The molecule has 2 aromatic rings. The molecule has 0 spiro atoms. The molecule has 0 fully saturated rings. The molecule has 0 bridgehead atoms. The van der Waals surface area contributed by atoms with E-state index in [-0.39, 0.29) is 11.7 Å². The van der Waals surface area contributed by atoms with Gasteiger partial charge in [0.25, 0.3) is 0 Å². The van der Waals surface area contributed by atoms with Gasteiger partial charge in [0.2, 0.25) is 5.91 Å². The molecule has 0 aromatic heterocycles. The van der Waals surface area contributed by atoms with Crippen LogP contribution in [-0.2, 0) is 4.79 Å². The minimum Gasteiger partial charge on any atom is -0.492 e. The van der Waals surface area contributed by atoms with Gasteiger partial charge in [0.15, 0.2) is 5.78 Å². The van der Waals surface area contributed by atoms with Gasteiger partial charge >= 0.3 is 0 Å². The first-order valence-corrected chi connectivity index (χ1v) is 8.79. The highest BCUT2D eigenvalue weighted by Gasteiger charge is 2.06. The van der Waals surface area contributed by atoms with E-state index in [1.54, 1.807) is 36.4 Å². The SMILES string of the molecule is CC(=O)c1ccc(NC(=O)CCN(C)CCOc2ccc(Cl)cc2)cc1. The number of ether oxygens (including phenoxy) is 1. The summed E-state index contributed by atoms with van der Waals surface area (Å²) in [5, 5.41) is 3.51. The zero-order valence-electron chi connectivity index (χ0n) is 15.0. The minimum absolute atomic E-state index is 0.00493. The third kappa shape index (κ3) is 6.86. The predicted molar refractivity (Wildman–Crippen MR) is 104 cm³/mol. The lowest BCUT2D eigenvalue weighted by Crippen LogP contribution is -2.28. The number of rotatable bonds is 9. The second kappa shape index (κ2) is 9.94. The maximum atomic E-state index is 12.0. The number of hydrogen-bond acceptors (Lipinski definition) is 4. The van der Waals surface area contributed by atoms with Crippen molar-refractivity contribution in [2.45, 2.75) is 13.3 Å². The van der Waals surface area contributed by atoms with E-state index in [0.29, 0.717) is 42.4 Å². The third-order valence-electron chi connectivity index (χ3n) is 3.85. The Kier molecular flexibility index (Phi) is 7.63. The van der Waals surface area contributed by atoms with Gasteiger partial charge in [-0.3, -0.25) is 9.59 Å². The number of nitrogens with zero attached hydrogens (tertiary/aromatic N) is 1. The summed E-state index contributed by atoms with van der Waals surface area (Å²) in [4.78, 5) is 25.3. The molecule has 1 N–H and O–H groups in total. The zero-order valence-corrected chi connectivity index (χ0v) is 15.8. The third-order valence-corrected chi connectivity index (χ3v) is 4.10. The average Bonchev–Trinajstić information content (AvgIpc) is 2.62. The van der Waals surface area contributed by atoms with Crippen LogP contribution in [0.4, 0.5) is 5.69 Å². The molecule has 0 heterocycles. The minimum atomic E-state index is -0.0638. The highest BCUT2D eigenvalue weighted by Crippen LogP contribution is 2.15. The van der Waals surface area contributed by atoms with E-state index in [1.165, 1.54) is 6.92 Å². The van der Waals surface area contributed by atoms with Crippen molar-refractivity contribution in [3.63, 3.8) is 0 Å². The smallest absolute Gasteiger partial charge is 0.225 e. The van der Waals surface area contributed by atoms with Gasteiger partial charge in [-0.15, -0.1) is 0 Å². The number of likely N-dealkylation sites (N-methyl/N-ethyl adjacent to an activating group) is 1. The number of benzene rings is 2. The van der Waals surface area contributed by atoms with Crippen LogP contribution < -0.4 is 10.1 Å². The maximum absolute atomic E-state index is 12.0. The van der Waals surface area contributed by atoms with Crippen LogP contribution in [0.25, 0.3) is 0 Å². The summed E-state index contributed by atoms with van der Waals surface area (Å²) in [7, 11) is 1.94. The van der Waals surface area contributed by atoms with Crippen molar-refractivity contribution in [2.75, 3.05) is 32.1 Å². The first kappa shape index (κ1) is 19.9. The topological polar surface area (TPSA) is 58.6 Å². The Morgan fingerprint density at radius 3 is 2.31 bits per heavy atom. The highest BCUT2D eigenvalue weighted by atomic mass is 35.5. The van der Waals surface area contributed by atoms with Crippen molar-refractivity contribution in [3.05, 3.63) is 59.1 Å². The van der Waals surface area contributed by atoms with Crippen molar-refractivity contribution < 1.29 is 14.3 Å². The lowest BCUT2D eigenvalue weighted by Gasteiger charge is -2.16. The Labute approximate surface area is 158 Å². The summed E-state index contributed by atoms with van der Waals surface area (Å²) in [6.07, 6.45) is 0.381. The van der Waals surface area contributed by atoms with Gasteiger partial charge in [-0.05, 0) is 62.5 Å². The predicted octanol–water partition coefficient (Wildman–Crippen LogP) is 3.88. The number of ketones is 1. The average molecular weight is 375 g/mol. The molecule has 0 unspecified atom stereocenters. The van der Waals surface area contributed by atoms with Crippen LogP contribution >= 0.6 is 11.6 Å². The molecule has 0 aliphatic rings. The number of carbonyl (C=O) groups excluding carboxylic acids is 2. The van der Waals surface area contributed by atoms with Gasteiger partial charge in [0.05, 0.1) is 0 Å². The molecule has 2 aromatic carbocycles. The number of hydrogen-bond donors (Lipinski definition) is 1. The first-order chi connectivity index (χ1) is 12.4. The van der Waals surface area contributed by atoms with Crippen LogP contribution in [0.2, 0.25) is 5.02 Å². The molecule has 138 valence electrons. The van der Waals surface area contributed by atoms with E-state index in [1.807, 2.05) is 24.1 Å². The molecule has 2 rings (SSSR count). The fourth-order valence-corrected chi connectivity index (χ4v) is 2.39. The van der Waals surface area contributed by atoms with Crippen molar-refractivity contribution in [3.8, 4) is 5.75 Å². The molecule has 1 amide bonds. The Bertz CT molecular complexity index is 730. The van der Waals surface area contributed by atoms with E-state index in [4.69, 9.17) is 16.3 Å². The van der Waals surface area contributed by atoms with Crippen LogP contribution in [0.3, 0.4) is 0 Å². The van der Waals surface area contributed by atoms with Crippen LogP contribution in [0, 0.1) is 0 Å². The molecule has 0 atom stereocenters. The second-order valence-corrected chi connectivity index (χ2v) is 6.47. The molecule has 6 heteroatoms. The summed E-state index contributed by atoms with van der Waals surface area (Å²) in [5.74, 6) is 0.714. The number of carbonyl (C=O) groups is 2. The van der Waals surface area contributed by atoms with Gasteiger partial charge in [-0.25, -0.2) is 0 Å². The number of Topliss-reactive ketones (excluding diaryl/α,β-unsaturated/α-hetero) is 1. The van der Waals surface area contributed by atoms with E-state index < -0.39 is 0 Å². The lowest BCUT2D eigenvalue weighted by atomic mass is 10.1. The van der Waals surface area contributed by atoms with Gasteiger partial charge in [-0.1, -0.05) is 11.6 Å². The molecule has 0 radical (unpaired) electrons. The fourth-order valence-electron chi connectivity index (χ4n) is 2.27. The van der Waals surface area contributed by atoms with Crippen LogP contribution in [0.1, 0.15) is 23.7 Å². The van der Waals surface area contributed by atoms with Gasteiger partial charge in [-0.2, -0.15) is 0 Å². The van der Waals surface area contributed by atoms with Crippen LogP contribution in [-0.4, -0.2) is 43.3 Å². The Hall–Kier alpha value is -2.37. The van der Waals surface area contributed by atoms with Crippen molar-refractivity contribution in [2.24, 2.45) is 0 Å². The standard InChI is InChI=1S/C20H23ClN2O3/c1-15(24)16-3-7-18(8-4-16)22-20(25)11-12-23(2)13-14-26-19-9-5-17(21)6-10-19/h3-10H,11-14H2,1-2H3,(H,22,25). The van der Waals surface area contributed by atoms with E-state index in [2.05, 4.69) is 5.32 Å². The lowest BCUT2D eigenvalue weighted by molar-refractivity contribution is -0.116. The summed E-state index contributed by atoms with van der Waals surface area (Å²) in [6, 6.07) is 14.1. The van der Waals surface area contributed by atoms with E-state index in [9.17, 15) is 9.59 Å². The quantitative estimate of drug-likeness (QED) is 0.676. The van der Waals surface area contributed by atoms with Crippen LogP contribution in [0.15, 0.2) is 48.5 Å².